The van der Waals surface area contributed by atoms with Crippen LogP contribution in [0.4, 0.5) is 0 Å². The zero-order valence-electron chi connectivity index (χ0n) is 10.2. The van der Waals surface area contributed by atoms with Crippen LogP contribution >= 0.6 is 0 Å². The maximum Gasteiger partial charge on any atom is 0.0816 e. The van der Waals surface area contributed by atoms with E-state index in [1.807, 2.05) is 24.3 Å². The van der Waals surface area contributed by atoms with Gasteiger partial charge in [-0.1, -0.05) is 36.4 Å². The third-order valence-electron chi connectivity index (χ3n) is 3.06. The Morgan fingerprint density at radius 2 is 2.12 bits per heavy atom. The first-order valence-electron chi connectivity index (χ1n) is 6.28. The molecule has 1 aliphatic rings. The molecule has 17 heavy (non-hydrogen) atoms. The minimum Gasteiger partial charge on any atom is -0.374 e. The second-order valence-electron chi connectivity index (χ2n) is 4.46. The molecule has 0 bridgehead atoms. The largest absolute Gasteiger partial charge is 0.374 e. The molecule has 1 heterocycles. The van der Waals surface area contributed by atoms with Crippen LogP contribution in [0.5, 0.6) is 0 Å². The second kappa shape index (κ2) is 6.58. The van der Waals surface area contributed by atoms with Gasteiger partial charge in [-0.3, -0.25) is 0 Å². The van der Waals surface area contributed by atoms with Gasteiger partial charge in [0.2, 0.25) is 0 Å². The van der Waals surface area contributed by atoms with Crippen LogP contribution in [0.1, 0.15) is 24.8 Å². The molecule has 0 saturated carbocycles. The minimum absolute atomic E-state index is 0.217. The van der Waals surface area contributed by atoms with Crippen molar-refractivity contribution in [2.45, 2.75) is 38.1 Å². The fourth-order valence-electron chi connectivity index (χ4n) is 2.11. The molecule has 2 atom stereocenters. The third-order valence-corrected chi connectivity index (χ3v) is 3.06. The molecular formula is C15H20O2. The van der Waals surface area contributed by atoms with Crippen LogP contribution in [0, 0.1) is 0 Å². The maximum atomic E-state index is 5.83. The molecule has 1 saturated heterocycles. The number of ether oxygens (including phenoxy) is 2. The fourth-order valence-corrected chi connectivity index (χ4v) is 2.11. The Kier molecular flexibility index (Phi) is 4.77. The van der Waals surface area contributed by atoms with Gasteiger partial charge in [-0.05, 0) is 24.8 Å². The van der Waals surface area contributed by atoms with Gasteiger partial charge in [-0.15, -0.1) is 6.58 Å². The fraction of sp³-hybridized carbons (Fsp3) is 0.467. The van der Waals surface area contributed by atoms with Gasteiger partial charge in [-0.2, -0.15) is 0 Å². The van der Waals surface area contributed by atoms with Gasteiger partial charge in [0, 0.05) is 0 Å². The van der Waals surface area contributed by atoms with E-state index in [2.05, 4.69) is 18.7 Å². The predicted molar refractivity (Wildman–Crippen MR) is 68.8 cm³/mol. The molecule has 1 aromatic carbocycles. The Bertz CT molecular complexity index is 334. The molecular weight excluding hydrogens is 212 g/mol. The van der Waals surface area contributed by atoms with Gasteiger partial charge in [0.1, 0.15) is 0 Å². The maximum absolute atomic E-state index is 5.83. The molecule has 0 amide bonds. The topological polar surface area (TPSA) is 18.5 Å². The van der Waals surface area contributed by atoms with Crippen molar-refractivity contribution in [2.24, 2.45) is 0 Å². The monoisotopic (exact) mass is 232 g/mol. The quantitative estimate of drug-likeness (QED) is 0.725. The van der Waals surface area contributed by atoms with E-state index in [0.717, 1.165) is 12.8 Å². The molecule has 2 heteroatoms. The van der Waals surface area contributed by atoms with Crippen molar-refractivity contribution in [3.05, 3.63) is 48.6 Å². The average Bonchev–Trinajstić information content (AvgIpc) is 2.40. The summed E-state index contributed by atoms with van der Waals surface area (Å²) < 4.78 is 11.5. The van der Waals surface area contributed by atoms with Gasteiger partial charge in [-0.25, -0.2) is 0 Å². The highest BCUT2D eigenvalue weighted by Crippen LogP contribution is 2.20. The van der Waals surface area contributed by atoms with Crippen LogP contribution in [0.2, 0.25) is 0 Å². The summed E-state index contributed by atoms with van der Waals surface area (Å²) in [7, 11) is 0. The van der Waals surface area contributed by atoms with Gasteiger partial charge < -0.3 is 9.47 Å². The van der Waals surface area contributed by atoms with E-state index in [4.69, 9.17) is 9.47 Å². The summed E-state index contributed by atoms with van der Waals surface area (Å²) in [5, 5.41) is 0. The van der Waals surface area contributed by atoms with E-state index in [0.29, 0.717) is 13.2 Å². The normalized spacial score (nSPS) is 24.5. The molecule has 0 aromatic heterocycles. The third kappa shape index (κ3) is 3.99. The van der Waals surface area contributed by atoms with E-state index in [1.54, 1.807) is 0 Å². The second-order valence-corrected chi connectivity index (χ2v) is 4.46. The average molecular weight is 232 g/mol. The molecule has 0 spiro atoms. The van der Waals surface area contributed by atoms with Crippen LogP contribution in [0.3, 0.4) is 0 Å². The standard InChI is InChI=1S/C15H20O2/c1-2-14-9-6-10-15(17-14)12-16-11-13-7-4-3-5-8-13/h2-5,7-8,14-15H,1,6,9-12H2/t14?,15-/m0/s1. The van der Waals surface area contributed by atoms with Crippen LogP contribution in [-0.4, -0.2) is 18.8 Å². The van der Waals surface area contributed by atoms with Gasteiger partial charge in [0.05, 0.1) is 25.4 Å². The number of hydrogen-bond acceptors (Lipinski definition) is 2. The van der Waals surface area contributed by atoms with E-state index >= 15 is 0 Å². The molecule has 0 N–H and O–H groups in total. The molecule has 2 rings (SSSR count). The van der Waals surface area contributed by atoms with E-state index in [-0.39, 0.29) is 12.2 Å². The van der Waals surface area contributed by atoms with Crippen molar-refractivity contribution in [3.63, 3.8) is 0 Å². The molecule has 92 valence electrons. The first kappa shape index (κ1) is 12.3. The summed E-state index contributed by atoms with van der Waals surface area (Å²) in [4.78, 5) is 0. The Labute approximate surface area is 103 Å². The lowest BCUT2D eigenvalue weighted by Gasteiger charge is -2.28. The number of hydrogen-bond donors (Lipinski definition) is 0. The van der Waals surface area contributed by atoms with Crippen molar-refractivity contribution in [1.29, 1.82) is 0 Å². The van der Waals surface area contributed by atoms with E-state index in [1.165, 1.54) is 12.0 Å². The van der Waals surface area contributed by atoms with Gasteiger partial charge in [0.15, 0.2) is 0 Å². The molecule has 1 unspecified atom stereocenters. The van der Waals surface area contributed by atoms with Crippen LogP contribution in [0.15, 0.2) is 43.0 Å². The van der Waals surface area contributed by atoms with E-state index < -0.39 is 0 Å². The van der Waals surface area contributed by atoms with Crippen LogP contribution < -0.4 is 0 Å². The molecule has 1 aliphatic heterocycles. The van der Waals surface area contributed by atoms with Gasteiger partial charge in [0.25, 0.3) is 0 Å². The first-order valence-corrected chi connectivity index (χ1v) is 6.28. The smallest absolute Gasteiger partial charge is 0.0816 e. The molecule has 2 nitrogen and oxygen atoms in total. The zero-order chi connectivity index (χ0) is 11.9. The zero-order valence-corrected chi connectivity index (χ0v) is 10.2. The Morgan fingerprint density at radius 3 is 2.88 bits per heavy atom. The van der Waals surface area contributed by atoms with E-state index in [9.17, 15) is 0 Å². The summed E-state index contributed by atoms with van der Waals surface area (Å²) >= 11 is 0. The van der Waals surface area contributed by atoms with Crippen molar-refractivity contribution >= 4 is 0 Å². The lowest BCUT2D eigenvalue weighted by molar-refractivity contribution is -0.0714. The summed E-state index contributed by atoms with van der Waals surface area (Å²) in [6.07, 6.45) is 5.74. The Hall–Kier alpha value is -1.12. The number of rotatable bonds is 5. The molecule has 1 aromatic rings. The Morgan fingerprint density at radius 1 is 1.29 bits per heavy atom. The van der Waals surface area contributed by atoms with Crippen LogP contribution in [0.25, 0.3) is 0 Å². The minimum atomic E-state index is 0.217. The number of benzene rings is 1. The molecule has 0 radical (unpaired) electrons. The highest BCUT2D eigenvalue weighted by molar-refractivity contribution is 5.13. The van der Waals surface area contributed by atoms with Crippen molar-refractivity contribution < 1.29 is 9.47 Å². The highest BCUT2D eigenvalue weighted by Gasteiger charge is 2.20. The SMILES string of the molecule is C=CC1CCC[C@@H](COCc2ccccc2)O1. The lowest BCUT2D eigenvalue weighted by Crippen LogP contribution is -2.29. The van der Waals surface area contributed by atoms with Gasteiger partial charge >= 0.3 is 0 Å². The van der Waals surface area contributed by atoms with Crippen molar-refractivity contribution in [3.8, 4) is 0 Å². The summed E-state index contributed by atoms with van der Waals surface area (Å²) in [6, 6.07) is 10.2. The molecule has 1 fully saturated rings. The molecule has 0 aliphatic carbocycles. The lowest BCUT2D eigenvalue weighted by atomic mass is 10.0. The summed E-state index contributed by atoms with van der Waals surface area (Å²) in [5.74, 6) is 0. The summed E-state index contributed by atoms with van der Waals surface area (Å²) in [5.41, 5.74) is 1.21. The predicted octanol–water partition coefficient (Wildman–Crippen LogP) is 3.33. The van der Waals surface area contributed by atoms with Crippen molar-refractivity contribution in [2.75, 3.05) is 6.61 Å². The first-order chi connectivity index (χ1) is 8.38. The van der Waals surface area contributed by atoms with Crippen LogP contribution in [-0.2, 0) is 16.1 Å². The summed E-state index contributed by atoms with van der Waals surface area (Å²) in [6.45, 7) is 5.13. The Balaban J connectivity index is 1.70. The van der Waals surface area contributed by atoms with Crippen molar-refractivity contribution in [1.82, 2.24) is 0 Å². The highest BCUT2D eigenvalue weighted by atomic mass is 16.5.